The number of carbonyl (C=O) groups excluding carboxylic acids is 1. The summed E-state index contributed by atoms with van der Waals surface area (Å²) >= 11 is 0. The highest BCUT2D eigenvalue weighted by molar-refractivity contribution is 7.80. The van der Waals surface area contributed by atoms with Crippen molar-refractivity contribution in [2.24, 2.45) is 0 Å². The zero-order valence-electron chi connectivity index (χ0n) is 31.2. The molecule has 6 atom stereocenters. The van der Waals surface area contributed by atoms with E-state index < -0.39 is 59.8 Å². The fourth-order valence-corrected chi connectivity index (χ4v) is 6.13. The van der Waals surface area contributed by atoms with Crippen molar-refractivity contribution in [2.45, 2.75) is 173 Å². The van der Waals surface area contributed by atoms with E-state index in [1.807, 2.05) is 0 Å². The second kappa shape index (κ2) is 30.7. The molecule has 1 fully saturated rings. The predicted octanol–water partition coefficient (Wildman–Crippen LogP) is 6.68. The van der Waals surface area contributed by atoms with Crippen molar-refractivity contribution >= 4 is 16.4 Å². The summed E-state index contributed by atoms with van der Waals surface area (Å²) in [5, 5.41) is 30.4. The maximum atomic E-state index is 12.6. The van der Waals surface area contributed by atoms with Gasteiger partial charge in [-0.15, -0.1) is 0 Å². The lowest BCUT2D eigenvalue weighted by Gasteiger charge is -2.41. The lowest BCUT2D eigenvalue weighted by molar-refractivity contribution is -0.301. The van der Waals surface area contributed by atoms with Crippen LogP contribution in [0.3, 0.4) is 0 Å². The minimum absolute atomic E-state index is 0.0308. The standard InChI is InChI=1S/C38H68O12S/c1-3-5-7-9-11-12-13-14-15-16-17-18-19-20-21-22-24-26-28-46-30-32(48-34(40)27-25-23-10-8-6-4-2)31-47-38-36(42)37(50-51(43,44)45)35(41)33(29-39)49-38/h5,7,11-12,14-15,32-33,35-39,41-42H,3-4,6,8-10,13,16-31H2,1-2H3,(H,43,44,45)/b7-5-,12-11-,15-14-. The van der Waals surface area contributed by atoms with Crippen molar-refractivity contribution in [1.29, 1.82) is 0 Å². The molecule has 12 nitrogen and oxygen atoms in total. The van der Waals surface area contributed by atoms with Gasteiger partial charge in [-0.25, -0.2) is 4.18 Å². The number of aliphatic hydroxyl groups is 3. The van der Waals surface area contributed by atoms with E-state index in [-0.39, 0.29) is 19.6 Å². The summed E-state index contributed by atoms with van der Waals surface area (Å²) in [6.45, 7) is 3.76. The summed E-state index contributed by atoms with van der Waals surface area (Å²) in [6, 6.07) is 0. The van der Waals surface area contributed by atoms with Gasteiger partial charge < -0.3 is 34.3 Å². The minimum Gasteiger partial charge on any atom is -0.457 e. The second-order valence-corrected chi connectivity index (χ2v) is 14.2. The monoisotopic (exact) mass is 748 g/mol. The summed E-state index contributed by atoms with van der Waals surface area (Å²) < 4.78 is 58.6. The molecule has 1 aliphatic rings. The predicted molar refractivity (Wildman–Crippen MR) is 197 cm³/mol. The quantitative estimate of drug-likeness (QED) is 0.0249. The molecule has 0 aromatic carbocycles. The largest absolute Gasteiger partial charge is 0.457 e. The van der Waals surface area contributed by atoms with Crippen LogP contribution in [0.2, 0.25) is 0 Å². The molecule has 298 valence electrons. The van der Waals surface area contributed by atoms with Crippen molar-refractivity contribution in [3.05, 3.63) is 36.5 Å². The Morgan fingerprint density at radius 2 is 1.35 bits per heavy atom. The first kappa shape index (κ1) is 47.3. The van der Waals surface area contributed by atoms with E-state index in [0.717, 1.165) is 77.0 Å². The average Bonchev–Trinajstić information content (AvgIpc) is 3.09. The molecule has 1 heterocycles. The zero-order chi connectivity index (χ0) is 37.6. The van der Waals surface area contributed by atoms with Crippen LogP contribution in [0.5, 0.6) is 0 Å². The van der Waals surface area contributed by atoms with E-state index in [1.165, 1.54) is 32.1 Å². The van der Waals surface area contributed by atoms with Crippen LogP contribution in [0.15, 0.2) is 36.5 Å². The lowest BCUT2D eigenvalue weighted by Crippen LogP contribution is -2.60. The van der Waals surface area contributed by atoms with Crippen LogP contribution in [0.4, 0.5) is 0 Å². The fraction of sp³-hybridized carbons (Fsp3) is 0.816. The molecular weight excluding hydrogens is 680 g/mol. The summed E-state index contributed by atoms with van der Waals surface area (Å²) in [5.41, 5.74) is 0. The Morgan fingerprint density at radius 1 is 0.765 bits per heavy atom. The van der Waals surface area contributed by atoms with E-state index in [0.29, 0.717) is 13.0 Å². The Kier molecular flexibility index (Phi) is 28.5. The van der Waals surface area contributed by atoms with Gasteiger partial charge in [0.15, 0.2) is 6.29 Å². The Labute approximate surface area is 307 Å². The third-order valence-corrected chi connectivity index (χ3v) is 8.99. The summed E-state index contributed by atoms with van der Waals surface area (Å²) in [5.74, 6) is -0.414. The summed E-state index contributed by atoms with van der Waals surface area (Å²) in [7, 11) is -5.05. The van der Waals surface area contributed by atoms with E-state index in [9.17, 15) is 28.5 Å². The second-order valence-electron chi connectivity index (χ2n) is 13.1. The van der Waals surface area contributed by atoms with Crippen molar-refractivity contribution in [2.75, 3.05) is 26.4 Å². The molecule has 4 N–H and O–H groups in total. The van der Waals surface area contributed by atoms with Gasteiger partial charge in [0, 0.05) is 13.0 Å². The van der Waals surface area contributed by atoms with Gasteiger partial charge in [-0.3, -0.25) is 9.35 Å². The molecule has 0 amide bonds. The summed E-state index contributed by atoms with van der Waals surface area (Å²) in [6.07, 6.45) is 23.7. The summed E-state index contributed by atoms with van der Waals surface area (Å²) in [4.78, 5) is 12.6. The van der Waals surface area contributed by atoms with Crippen LogP contribution >= 0.6 is 0 Å². The number of esters is 1. The topological polar surface area (TPSA) is 178 Å². The first-order valence-electron chi connectivity index (χ1n) is 19.2. The molecule has 0 spiro atoms. The van der Waals surface area contributed by atoms with Crippen LogP contribution in [0.1, 0.15) is 136 Å². The first-order chi connectivity index (χ1) is 24.6. The van der Waals surface area contributed by atoms with Crippen LogP contribution in [0.25, 0.3) is 0 Å². The SMILES string of the molecule is CC/C=C\C/C=C\C/C=C\CCCCCCCCCCOCC(COC1OC(CO)C(O)C(OS(=O)(=O)O)C1O)OC(=O)CCCCCCCC. The zero-order valence-corrected chi connectivity index (χ0v) is 32.0. The molecule has 0 bridgehead atoms. The molecule has 0 aromatic rings. The molecule has 6 unspecified atom stereocenters. The number of unbranched alkanes of at least 4 members (excludes halogenated alkanes) is 13. The molecule has 13 heteroatoms. The Hall–Kier alpha value is -1.68. The number of hydrogen-bond donors (Lipinski definition) is 4. The molecule has 0 radical (unpaired) electrons. The number of rotatable bonds is 32. The highest BCUT2D eigenvalue weighted by Gasteiger charge is 2.48. The van der Waals surface area contributed by atoms with Crippen LogP contribution in [0, 0.1) is 0 Å². The number of ether oxygens (including phenoxy) is 4. The van der Waals surface area contributed by atoms with Gasteiger partial charge in [0.05, 0.1) is 19.8 Å². The molecule has 0 saturated carbocycles. The van der Waals surface area contributed by atoms with E-state index >= 15 is 0 Å². The van der Waals surface area contributed by atoms with E-state index in [2.05, 4.69) is 54.5 Å². The Bertz CT molecular complexity index is 1050. The third-order valence-electron chi connectivity index (χ3n) is 8.53. The van der Waals surface area contributed by atoms with Crippen LogP contribution in [-0.2, 0) is 38.3 Å². The van der Waals surface area contributed by atoms with Crippen molar-refractivity contribution in [3.63, 3.8) is 0 Å². The number of allylic oxidation sites excluding steroid dienone is 6. The van der Waals surface area contributed by atoms with Gasteiger partial charge in [0.2, 0.25) is 0 Å². The van der Waals surface area contributed by atoms with Gasteiger partial charge in [0.1, 0.15) is 30.5 Å². The minimum atomic E-state index is -5.05. The maximum Gasteiger partial charge on any atom is 0.397 e. The van der Waals surface area contributed by atoms with Gasteiger partial charge in [-0.2, -0.15) is 8.42 Å². The van der Waals surface area contributed by atoms with Gasteiger partial charge >= 0.3 is 16.4 Å². The maximum absolute atomic E-state index is 12.6. The molecule has 1 saturated heterocycles. The molecule has 1 aliphatic heterocycles. The normalized spacial score (nSPS) is 22.0. The van der Waals surface area contributed by atoms with Crippen molar-refractivity contribution in [1.82, 2.24) is 0 Å². The van der Waals surface area contributed by atoms with E-state index in [1.54, 1.807) is 0 Å². The first-order valence-corrected chi connectivity index (χ1v) is 20.6. The Balaban J connectivity index is 2.41. The number of aliphatic hydroxyl groups excluding tert-OH is 3. The highest BCUT2D eigenvalue weighted by Crippen LogP contribution is 2.26. The van der Waals surface area contributed by atoms with Gasteiger partial charge in [-0.1, -0.05) is 121 Å². The molecule has 51 heavy (non-hydrogen) atoms. The average molecular weight is 749 g/mol. The van der Waals surface area contributed by atoms with Crippen molar-refractivity contribution < 1.29 is 56.2 Å². The van der Waals surface area contributed by atoms with Crippen LogP contribution < -0.4 is 0 Å². The Morgan fingerprint density at radius 3 is 1.98 bits per heavy atom. The van der Waals surface area contributed by atoms with Gasteiger partial charge in [0.25, 0.3) is 0 Å². The molecule has 0 aliphatic carbocycles. The molecular formula is C38H68O12S. The molecule has 1 rings (SSSR count). The smallest absolute Gasteiger partial charge is 0.397 e. The van der Waals surface area contributed by atoms with Crippen molar-refractivity contribution in [3.8, 4) is 0 Å². The van der Waals surface area contributed by atoms with Gasteiger partial charge in [-0.05, 0) is 44.9 Å². The lowest BCUT2D eigenvalue weighted by atomic mass is 9.99. The number of hydrogen-bond acceptors (Lipinski definition) is 11. The molecule has 0 aromatic heterocycles. The highest BCUT2D eigenvalue weighted by atomic mass is 32.3. The number of carbonyl (C=O) groups is 1. The third kappa shape index (κ3) is 25.1. The van der Waals surface area contributed by atoms with Crippen LogP contribution in [-0.4, -0.2) is 97.5 Å². The fourth-order valence-electron chi connectivity index (χ4n) is 5.63. The van der Waals surface area contributed by atoms with E-state index in [4.69, 9.17) is 23.5 Å².